The van der Waals surface area contributed by atoms with Crippen LogP contribution in [0.25, 0.3) is 12.2 Å². The second-order valence-corrected chi connectivity index (χ2v) is 9.17. The fourth-order valence-corrected chi connectivity index (χ4v) is 4.42. The van der Waals surface area contributed by atoms with Crippen molar-refractivity contribution in [3.63, 3.8) is 0 Å². The molecule has 0 atom stereocenters. The molecule has 0 fully saturated rings. The number of halogens is 2. The highest BCUT2D eigenvalue weighted by atomic mass is 79.9. The van der Waals surface area contributed by atoms with Crippen molar-refractivity contribution in [1.82, 2.24) is 9.97 Å². The molecule has 3 rings (SSSR count). The number of nitrogens with zero attached hydrogens (tertiary/aromatic N) is 2. The maximum absolute atomic E-state index is 12.0. The predicted octanol–water partition coefficient (Wildman–Crippen LogP) is 1.93. The highest BCUT2D eigenvalue weighted by molar-refractivity contribution is 9.11. The molecule has 0 aromatic carbocycles. The monoisotopic (exact) mass is 456 g/mol. The fourth-order valence-electron chi connectivity index (χ4n) is 1.70. The second kappa shape index (κ2) is 6.49. The molecular weight excluding hydrogens is 452 g/mol. The fraction of sp³-hybridized carbons (Fsp3) is 0. The van der Waals surface area contributed by atoms with Gasteiger partial charge in [0.25, 0.3) is 0 Å². The van der Waals surface area contributed by atoms with Gasteiger partial charge in [0.15, 0.2) is 0 Å². The maximum atomic E-state index is 12.0. The number of hydrogen-bond donors (Lipinski definition) is 0. The molecule has 0 saturated carbocycles. The van der Waals surface area contributed by atoms with Crippen molar-refractivity contribution in [2.75, 3.05) is 0 Å². The van der Waals surface area contributed by atoms with Crippen LogP contribution in [-0.2, 0) is 0 Å². The minimum Gasteiger partial charge on any atom is -0.857 e. The molecule has 4 nitrogen and oxygen atoms in total. The van der Waals surface area contributed by atoms with Gasteiger partial charge in [-0.05, 0) is 68.3 Å². The van der Waals surface area contributed by atoms with Gasteiger partial charge in [0.05, 0.1) is 18.3 Å². The van der Waals surface area contributed by atoms with Crippen LogP contribution in [0.3, 0.4) is 0 Å². The smallest absolute Gasteiger partial charge is 0.0745 e. The van der Waals surface area contributed by atoms with E-state index in [2.05, 4.69) is 41.8 Å². The van der Waals surface area contributed by atoms with Gasteiger partial charge in [0.1, 0.15) is 0 Å². The van der Waals surface area contributed by atoms with E-state index >= 15 is 0 Å². The van der Waals surface area contributed by atoms with Crippen LogP contribution in [0, 0.1) is 0 Å². The van der Waals surface area contributed by atoms with Crippen LogP contribution in [0.5, 0.6) is 11.8 Å². The first-order valence-corrected chi connectivity index (χ1v) is 9.19. The Bertz CT molecular complexity index is 872. The van der Waals surface area contributed by atoms with Crippen LogP contribution in [0.2, 0.25) is 0 Å². The summed E-state index contributed by atoms with van der Waals surface area (Å²) >= 11 is 9.58. The highest BCUT2D eigenvalue weighted by Crippen LogP contribution is 2.23. The molecule has 0 aliphatic heterocycles. The van der Waals surface area contributed by atoms with Gasteiger partial charge in [-0.3, -0.25) is 9.97 Å². The summed E-state index contributed by atoms with van der Waals surface area (Å²) in [6.45, 7) is 0. The molecule has 0 bridgehead atoms. The van der Waals surface area contributed by atoms with E-state index in [1.54, 1.807) is 12.2 Å². The van der Waals surface area contributed by atoms with Gasteiger partial charge >= 0.3 is 0 Å². The van der Waals surface area contributed by atoms with Crippen LogP contribution in [0.15, 0.2) is 31.8 Å². The summed E-state index contributed by atoms with van der Waals surface area (Å²) in [6, 6.07) is 7.40. The molecule has 3 aromatic heterocycles. The number of hydrogen-bond acceptors (Lipinski definition) is 6. The second-order valence-electron chi connectivity index (χ2n) is 4.18. The van der Waals surface area contributed by atoms with Gasteiger partial charge in [-0.2, -0.15) is 0 Å². The molecule has 8 heteroatoms. The molecule has 0 amide bonds. The van der Waals surface area contributed by atoms with Crippen LogP contribution in [0.1, 0.15) is 9.75 Å². The molecule has 0 radical (unpaired) electrons. The van der Waals surface area contributed by atoms with Crippen molar-refractivity contribution in [2.45, 2.75) is 0 Å². The Labute approximate surface area is 150 Å². The zero-order chi connectivity index (χ0) is 15.7. The van der Waals surface area contributed by atoms with E-state index in [0.29, 0.717) is 0 Å². The van der Waals surface area contributed by atoms with E-state index in [9.17, 15) is 10.2 Å². The first-order valence-electron chi connectivity index (χ1n) is 5.97. The standard InChI is InChI=1S/C14H8Br2N2O2S2/c15-11-3-1-7(21-11)5-9-13(19)18-10(14(20)17-9)6-8-2-4-12(16)22-8/h1-6H,(H,17,20)(H,18,19)/p-2/b9-5-,10-6-. The summed E-state index contributed by atoms with van der Waals surface area (Å²) < 4.78 is 1.88. The zero-order valence-corrected chi connectivity index (χ0v) is 15.6. The van der Waals surface area contributed by atoms with Crippen molar-refractivity contribution in [3.05, 3.63) is 52.3 Å². The summed E-state index contributed by atoms with van der Waals surface area (Å²) in [5.74, 6) is -1.02. The molecule has 0 N–H and O–H groups in total. The zero-order valence-electron chi connectivity index (χ0n) is 10.7. The van der Waals surface area contributed by atoms with Crippen molar-refractivity contribution in [2.24, 2.45) is 0 Å². The van der Waals surface area contributed by atoms with E-state index < -0.39 is 11.8 Å². The topological polar surface area (TPSA) is 71.9 Å². The Morgan fingerprint density at radius 2 is 1.18 bits per heavy atom. The Morgan fingerprint density at radius 1 is 0.773 bits per heavy atom. The van der Waals surface area contributed by atoms with E-state index in [-0.39, 0.29) is 10.7 Å². The molecule has 3 aromatic rings. The largest absolute Gasteiger partial charge is 0.857 e. The van der Waals surface area contributed by atoms with Crippen molar-refractivity contribution < 1.29 is 10.2 Å². The van der Waals surface area contributed by atoms with E-state index in [1.807, 2.05) is 24.3 Å². The molecule has 0 aliphatic carbocycles. The minimum absolute atomic E-state index is 0.0591. The van der Waals surface area contributed by atoms with E-state index in [1.165, 1.54) is 22.7 Å². The lowest BCUT2D eigenvalue weighted by Gasteiger charge is -2.10. The molecule has 0 spiro atoms. The Kier molecular flexibility index (Phi) is 4.62. The Balaban J connectivity index is 2.08. The summed E-state index contributed by atoms with van der Waals surface area (Å²) in [5.41, 5.74) is 0. The number of thiophene rings is 2. The van der Waals surface area contributed by atoms with Gasteiger partial charge in [-0.15, -0.1) is 22.7 Å². The molecule has 0 saturated heterocycles. The van der Waals surface area contributed by atoms with Crippen molar-refractivity contribution >= 4 is 66.7 Å². The van der Waals surface area contributed by atoms with Gasteiger partial charge in [0.2, 0.25) is 0 Å². The highest BCUT2D eigenvalue weighted by Gasteiger charge is 1.98. The van der Waals surface area contributed by atoms with Crippen LogP contribution < -0.4 is 20.9 Å². The molecule has 22 heavy (non-hydrogen) atoms. The van der Waals surface area contributed by atoms with Crippen LogP contribution >= 0.6 is 54.5 Å². The maximum Gasteiger partial charge on any atom is 0.0745 e. The van der Waals surface area contributed by atoms with Gasteiger partial charge < -0.3 is 10.2 Å². The first kappa shape index (κ1) is 15.7. The summed E-state index contributed by atoms with van der Waals surface area (Å²) in [7, 11) is 0. The molecule has 0 unspecified atom stereocenters. The molecular formula is C14H6Br2N2O2S2-2. The first-order chi connectivity index (χ1) is 10.5. The van der Waals surface area contributed by atoms with Gasteiger partial charge in [-0.25, -0.2) is 0 Å². The van der Waals surface area contributed by atoms with E-state index in [4.69, 9.17) is 0 Å². The quantitative estimate of drug-likeness (QED) is 0.589. The lowest BCUT2D eigenvalue weighted by atomic mass is 10.4. The minimum atomic E-state index is -0.508. The summed E-state index contributed by atoms with van der Waals surface area (Å²) in [5, 5.41) is 24.2. The average Bonchev–Trinajstić information content (AvgIpc) is 3.04. The Hall–Kier alpha value is -1.22. The molecule has 112 valence electrons. The van der Waals surface area contributed by atoms with Crippen molar-refractivity contribution in [1.29, 1.82) is 0 Å². The molecule has 0 aliphatic rings. The predicted molar refractivity (Wildman–Crippen MR) is 91.3 cm³/mol. The molecule has 3 heterocycles. The number of aromatic nitrogens is 2. The lowest BCUT2D eigenvalue weighted by molar-refractivity contribution is -0.287. The van der Waals surface area contributed by atoms with Crippen LogP contribution in [0.4, 0.5) is 0 Å². The van der Waals surface area contributed by atoms with E-state index in [0.717, 1.165) is 17.3 Å². The van der Waals surface area contributed by atoms with Gasteiger partial charge in [-0.1, -0.05) is 0 Å². The Morgan fingerprint density at radius 3 is 1.50 bits per heavy atom. The third-order valence-electron chi connectivity index (χ3n) is 2.63. The lowest BCUT2D eigenvalue weighted by Crippen LogP contribution is -2.27. The number of rotatable bonds is 2. The summed E-state index contributed by atoms with van der Waals surface area (Å²) in [6.07, 6.45) is 3.13. The van der Waals surface area contributed by atoms with Crippen molar-refractivity contribution in [3.8, 4) is 11.8 Å². The summed E-state index contributed by atoms with van der Waals surface area (Å²) in [4.78, 5) is 9.35. The third kappa shape index (κ3) is 3.57. The normalized spacial score (nSPS) is 13.0. The van der Waals surface area contributed by atoms with Gasteiger partial charge in [0, 0.05) is 21.5 Å². The third-order valence-corrected chi connectivity index (χ3v) is 5.77. The SMILES string of the molecule is [O-]c1n/c(=C\c2ccc(Br)s2)c([O-])n/c1=C\c1ccc(Br)s1. The average molecular weight is 458 g/mol. The van der Waals surface area contributed by atoms with Crippen LogP contribution in [-0.4, -0.2) is 9.97 Å².